The first-order chi connectivity index (χ1) is 9.63. The smallest absolute Gasteiger partial charge is 0.330 e. The van der Waals surface area contributed by atoms with Crippen LogP contribution in [0.1, 0.15) is 13.8 Å². The van der Waals surface area contributed by atoms with Crippen LogP contribution in [0.3, 0.4) is 0 Å². The number of rotatable bonds is 4. The van der Waals surface area contributed by atoms with E-state index < -0.39 is 6.04 Å². The predicted octanol–water partition coefficient (Wildman–Crippen LogP) is 1.25. The van der Waals surface area contributed by atoms with E-state index >= 15 is 0 Å². The van der Waals surface area contributed by atoms with Crippen LogP contribution in [0.25, 0.3) is 0 Å². The average molecular weight is 280 g/mol. The summed E-state index contributed by atoms with van der Waals surface area (Å²) in [7, 11) is 1.37. The van der Waals surface area contributed by atoms with Gasteiger partial charge in [-0.2, -0.15) is 0 Å². The molecule has 1 aliphatic heterocycles. The number of aromatic nitrogens is 1. The van der Waals surface area contributed by atoms with Crippen LogP contribution in [0.2, 0.25) is 0 Å². The van der Waals surface area contributed by atoms with Gasteiger partial charge in [-0.15, -0.1) is 0 Å². The van der Waals surface area contributed by atoms with Gasteiger partial charge >= 0.3 is 5.97 Å². The van der Waals surface area contributed by atoms with Gasteiger partial charge in [0.05, 0.1) is 26.4 Å². The normalized spacial score (nSPS) is 19.0. The molecule has 6 heteroatoms. The third-order valence-corrected chi connectivity index (χ3v) is 2.99. The molecule has 1 aromatic heterocycles. The van der Waals surface area contributed by atoms with E-state index in [4.69, 9.17) is 14.2 Å². The van der Waals surface area contributed by atoms with Gasteiger partial charge < -0.3 is 19.1 Å². The zero-order valence-corrected chi connectivity index (χ0v) is 12.0. The molecule has 1 aliphatic rings. The van der Waals surface area contributed by atoms with E-state index in [1.807, 2.05) is 30.9 Å². The summed E-state index contributed by atoms with van der Waals surface area (Å²) in [5.74, 6) is 0.990. The van der Waals surface area contributed by atoms with Crippen molar-refractivity contribution in [2.24, 2.45) is 0 Å². The summed E-state index contributed by atoms with van der Waals surface area (Å²) in [4.78, 5) is 18.1. The molecule has 2 heterocycles. The van der Waals surface area contributed by atoms with Crippen LogP contribution in [0.4, 0.5) is 5.82 Å². The van der Waals surface area contributed by atoms with Crippen molar-refractivity contribution >= 4 is 11.8 Å². The monoisotopic (exact) mass is 280 g/mol. The fraction of sp³-hybridized carbons (Fsp3) is 0.571. The van der Waals surface area contributed by atoms with Gasteiger partial charge in [-0.25, -0.2) is 9.78 Å². The molecule has 0 aromatic carbocycles. The van der Waals surface area contributed by atoms with Crippen molar-refractivity contribution in [1.82, 2.24) is 4.98 Å². The van der Waals surface area contributed by atoms with Gasteiger partial charge in [-0.3, -0.25) is 0 Å². The van der Waals surface area contributed by atoms with E-state index in [0.717, 1.165) is 0 Å². The molecule has 0 radical (unpaired) electrons. The highest BCUT2D eigenvalue weighted by molar-refractivity contribution is 5.80. The van der Waals surface area contributed by atoms with Crippen molar-refractivity contribution in [3.63, 3.8) is 0 Å². The summed E-state index contributed by atoms with van der Waals surface area (Å²) in [6.45, 7) is 5.32. The number of methoxy groups -OCH3 is 1. The molecule has 0 N–H and O–H groups in total. The maximum atomic E-state index is 11.9. The van der Waals surface area contributed by atoms with Crippen LogP contribution in [0.5, 0.6) is 5.75 Å². The number of hydrogen-bond acceptors (Lipinski definition) is 6. The van der Waals surface area contributed by atoms with Crippen molar-refractivity contribution < 1.29 is 19.0 Å². The zero-order valence-electron chi connectivity index (χ0n) is 12.0. The Labute approximate surface area is 118 Å². The van der Waals surface area contributed by atoms with Gasteiger partial charge in [0, 0.05) is 12.7 Å². The largest absolute Gasteiger partial charge is 0.487 e. The van der Waals surface area contributed by atoms with Crippen molar-refractivity contribution in [1.29, 1.82) is 0 Å². The Morgan fingerprint density at radius 2 is 2.35 bits per heavy atom. The third-order valence-electron chi connectivity index (χ3n) is 2.99. The summed E-state index contributed by atoms with van der Waals surface area (Å²) in [6.07, 6.45) is 1.72. The lowest BCUT2D eigenvalue weighted by atomic mass is 10.2. The Balaban J connectivity index is 2.30. The van der Waals surface area contributed by atoms with E-state index in [-0.39, 0.29) is 12.1 Å². The molecule has 1 fully saturated rings. The first kappa shape index (κ1) is 14.6. The van der Waals surface area contributed by atoms with Crippen LogP contribution < -0.4 is 9.64 Å². The van der Waals surface area contributed by atoms with Gasteiger partial charge in [-0.05, 0) is 26.0 Å². The Morgan fingerprint density at radius 3 is 3.05 bits per heavy atom. The van der Waals surface area contributed by atoms with Gasteiger partial charge in [0.25, 0.3) is 0 Å². The maximum absolute atomic E-state index is 11.9. The summed E-state index contributed by atoms with van der Waals surface area (Å²) in [5, 5.41) is 0. The second-order valence-electron chi connectivity index (χ2n) is 4.80. The standard InChI is InChI=1S/C14H20N2O4/c1-10(2)20-12-5-4-6-15-13(12)16-7-8-19-9-11(16)14(17)18-3/h4-6,10-11H,7-9H2,1-3H3. The second-order valence-corrected chi connectivity index (χ2v) is 4.80. The molecule has 1 saturated heterocycles. The Hall–Kier alpha value is -1.82. The van der Waals surface area contributed by atoms with Crippen LogP contribution in [-0.2, 0) is 14.3 Å². The highest BCUT2D eigenvalue weighted by Crippen LogP contribution is 2.29. The van der Waals surface area contributed by atoms with E-state index in [0.29, 0.717) is 31.3 Å². The quantitative estimate of drug-likeness (QED) is 0.774. The van der Waals surface area contributed by atoms with Crippen molar-refractivity contribution in [2.45, 2.75) is 26.0 Å². The molecule has 1 unspecified atom stereocenters. The molecule has 0 aliphatic carbocycles. The van der Waals surface area contributed by atoms with Crippen molar-refractivity contribution in [2.75, 3.05) is 31.8 Å². The molecule has 0 amide bonds. The summed E-state index contributed by atoms with van der Waals surface area (Å²) >= 11 is 0. The van der Waals surface area contributed by atoms with Gasteiger partial charge in [0.1, 0.15) is 0 Å². The highest BCUT2D eigenvalue weighted by atomic mass is 16.5. The number of nitrogens with zero attached hydrogens (tertiary/aromatic N) is 2. The van der Waals surface area contributed by atoms with Crippen LogP contribution in [0.15, 0.2) is 18.3 Å². The van der Waals surface area contributed by atoms with Crippen LogP contribution in [-0.4, -0.2) is 50.0 Å². The van der Waals surface area contributed by atoms with E-state index in [1.165, 1.54) is 7.11 Å². The fourth-order valence-corrected chi connectivity index (χ4v) is 2.13. The summed E-state index contributed by atoms with van der Waals surface area (Å²) in [6, 6.07) is 3.18. The number of pyridine rings is 1. The lowest BCUT2D eigenvalue weighted by Crippen LogP contribution is -2.51. The molecule has 110 valence electrons. The molecule has 6 nitrogen and oxygen atoms in total. The minimum Gasteiger partial charge on any atom is -0.487 e. The Morgan fingerprint density at radius 1 is 1.55 bits per heavy atom. The van der Waals surface area contributed by atoms with Gasteiger partial charge in [-0.1, -0.05) is 0 Å². The van der Waals surface area contributed by atoms with Crippen LogP contribution >= 0.6 is 0 Å². The molecule has 1 aromatic rings. The molecule has 0 saturated carbocycles. The number of carbonyl (C=O) groups excluding carboxylic acids is 1. The minimum absolute atomic E-state index is 0.0376. The summed E-state index contributed by atoms with van der Waals surface area (Å²) < 4.78 is 16.0. The molecule has 2 rings (SSSR count). The Bertz CT molecular complexity index is 464. The number of ether oxygens (including phenoxy) is 3. The van der Waals surface area contributed by atoms with Crippen molar-refractivity contribution in [3.8, 4) is 5.75 Å². The maximum Gasteiger partial charge on any atom is 0.330 e. The number of hydrogen-bond donors (Lipinski definition) is 0. The third kappa shape index (κ3) is 3.19. The number of carbonyl (C=O) groups is 1. The summed E-state index contributed by atoms with van der Waals surface area (Å²) in [5.41, 5.74) is 0. The number of morpholine rings is 1. The molecule has 0 spiro atoms. The lowest BCUT2D eigenvalue weighted by molar-refractivity contribution is -0.144. The van der Waals surface area contributed by atoms with E-state index in [9.17, 15) is 4.79 Å². The van der Waals surface area contributed by atoms with Gasteiger partial charge in [0.2, 0.25) is 0 Å². The first-order valence-electron chi connectivity index (χ1n) is 6.67. The second kappa shape index (κ2) is 6.56. The molecule has 0 bridgehead atoms. The molecular formula is C14H20N2O4. The minimum atomic E-state index is -0.488. The average Bonchev–Trinajstić information content (AvgIpc) is 2.46. The van der Waals surface area contributed by atoms with E-state index in [2.05, 4.69) is 4.98 Å². The van der Waals surface area contributed by atoms with Gasteiger partial charge in [0.15, 0.2) is 17.6 Å². The highest BCUT2D eigenvalue weighted by Gasteiger charge is 2.32. The number of esters is 1. The lowest BCUT2D eigenvalue weighted by Gasteiger charge is -2.35. The zero-order chi connectivity index (χ0) is 14.5. The topological polar surface area (TPSA) is 60.9 Å². The SMILES string of the molecule is COC(=O)C1COCCN1c1ncccc1OC(C)C. The molecular weight excluding hydrogens is 260 g/mol. The van der Waals surface area contributed by atoms with Crippen molar-refractivity contribution in [3.05, 3.63) is 18.3 Å². The van der Waals surface area contributed by atoms with Crippen LogP contribution in [0, 0.1) is 0 Å². The number of anilines is 1. The predicted molar refractivity (Wildman–Crippen MR) is 74.0 cm³/mol. The molecule has 20 heavy (non-hydrogen) atoms. The molecule has 1 atom stereocenters. The first-order valence-corrected chi connectivity index (χ1v) is 6.67. The Kier molecular flexibility index (Phi) is 4.79. The fourth-order valence-electron chi connectivity index (χ4n) is 2.13. The van der Waals surface area contributed by atoms with E-state index in [1.54, 1.807) is 6.20 Å².